The molecule has 2 nitrogen and oxygen atoms in total. The molecule has 0 amide bonds. The lowest BCUT2D eigenvalue weighted by Crippen LogP contribution is -1.82. The standard InChI is InChI=1S/C37H25NO/c1-22-15-33-29-12-5-10-27(19-29)25-8-3-7-24(17-25)26-9-4-11-28(18-26)32-20-35(38-21-23(32)2)31-14-6-13-30-34(16-22)37(33)39-36(30)31/h3-21H,1-2H3/i1D3,2D3. The van der Waals surface area contributed by atoms with E-state index in [-0.39, 0.29) is 11.1 Å². The summed E-state index contributed by atoms with van der Waals surface area (Å²) in [5.74, 6) is 0. The maximum absolute atomic E-state index is 8.29. The molecule has 0 spiro atoms. The molecule has 0 aliphatic heterocycles. The minimum atomic E-state index is -2.38. The number of para-hydroxylation sites is 1. The number of aryl methyl sites for hydroxylation is 2. The quantitative estimate of drug-likeness (QED) is 0.205. The average molecular weight is 506 g/mol. The smallest absolute Gasteiger partial charge is 0.144 e. The zero-order valence-corrected chi connectivity index (χ0v) is 20.8. The van der Waals surface area contributed by atoms with E-state index in [1.165, 1.54) is 6.20 Å². The number of hydrogen-bond acceptors (Lipinski definition) is 2. The van der Waals surface area contributed by atoms with Gasteiger partial charge in [-0.15, -0.1) is 0 Å². The summed E-state index contributed by atoms with van der Waals surface area (Å²) < 4.78 is 56.3. The molecule has 10 bridgehead atoms. The fraction of sp³-hybridized carbons (Fsp3) is 0.0541. The normalized spacial score (nSPS) is 14.8. The first-order chi connectivity index (χ1) is 21.5. The molecule has 0 radical (unpaired) electrons. The Labute approximate surface area is 233 Å². The van der Waals surface area contributed by atoms with E-state index in [9.17, 15) is 0 Å². The Bertz CT molecular complexity index is 2580. The minimum absolute atomic E-state index is 0.160. The van der Waals surface area contributed by atoms with E-state index in [0.717, 1.165) is 37.7 Å². The van der Waals surface area contributed by atoms with Gasteiger partial charge in [-0.05, 0) is 105 Å². The van der Waals surface area contributed by atoms with Gasteiger partial charge in [0, 0.05) is 36.0 Å². The second-order valence-electron chi connectivity index (χ2n) is 10.0. The van der Waals surface area contributed by atoms with Crippen LogP contribution in [0, 0.1) is 13.7 Å². The number of benzene rings is 5. The Balaban J connectivity index is 1.69. The molecule has 0 saturated heterocycles. The van der Waals surface area contributed by atoms with Crippen molar-refractivity contribution in [2.45, 2.75) is 13.7 Å². The first kappa shape index (κ1) is 16.8. The van der Waals surface area contributed by atoms with Crippen LogP contribution in [0.3, 0.4) is 0 Å². The van der Waals surface area contributed by atoms with Crippen molar-refractivity contribution in [1.82, 2.24) is 4.98 Å². The summed E-state index contributed by atoms with van der Waals surface area (Å²) in [6.07, 6.45) is 1.43. The molecule has 0 atom stereocenters. The van der Waals surface area contributed by atoms with Crippen LogP contribution >= 0.6 is 0 Å². The van der Waals surface area contributed by atoms with E-state index in [4.69, 9.17) is 12.6 Å². The van der Waals surface area contributed by atoms with E-state index < -0.39 is 13.7 Å². The van der Waals surface area contributed by atoms with Gasteiger partial charge in [0.05, 0.1) is 5.52 Å². The summed E-state index contributed by atoms with van der Waals surface area (Å²) in [5, 5.41) is 8.88. The van der Waals surface area contributed by atoms with Crippen molar-refractivity contribution in [1.29, 1.82) is 0 Å². The van der Waals surface area contributed by atoms with Gasteiger partial charge in [-0.2, -0.15) is 0 Å². The summed E-state index contributed by atoms with van der Waals surface area (Å²) in [5.41, 5.74) is 2.07. The lowest BCUT2D eigenvalue weighted by molar-refractivity contribution is 0.676. The van der Waals surface area contributed by atoms with Crippen molar-refractivity contribution in [2.75, 3.05) is 0 Å². The highest BCUT2D eigenvalue weighted by Crippen LogP contribution is 2.37. The molecule has 0 saturated carbocycles. The Morgan fingerprint density at radius 1 is 0.513 bits per heavy atom. The number of furan rings is 1. The van der Waals surface area contributed by atoms with Gasteiger partial charge in [-0.25, -0.2) is 0 Å². The predicted molar refractivity (Wildman–Crippen MR) is 166 cm³/mol. The number of nitrogens with zero attached hydrogens (tertiary/aromatic N) is 1. The molecule has 2 heteroatoms. The van der Waals surface area contributed by atoms with E-state index in [0.29, 0.717) is 38.2 Å². The Morgan fingerprint density at radius 2 is 1.08 bits per heavy atom. The van der Waals surface area contributed by atoms with Crippen LogP contribution in [0.2, 0.25) is 0 Å². The molecule has 0 N–H and O–H groups in total. The van der Waals surface area contributed by atoms with Crippen LogP contribution in [0.15, 0.2) is 120 Å². The van der Waals surface area contributed by atoms with E-state index in [1.807, 2.05) is 84.9 Å². The topological polar surface area (TPSA) is 26.0 Å². The lowest BCUT2D eigenvalue weighted by atomic mass is 10.0. The van der Waals surface area contributed by atoms with E-state index in [1.54, 1.807) is 12.1 Å². The first-order valence-electron chi connectivity index (χ1n) is 15.9. The van der Waals surface area contributed by atoms with E-state index in [2.05, 4.69) is 17.1 Å². The third-order valence-electron chi connectivity index (χ3n) is 7.65. The lowest BCUT2D eigenvalue weighted by Gasteiger charge is -2.03. The zero-order chi connectivity index (χ0) is 31.1. The van der Waals surface area contributed by atoms with Gasteiger partial charge in [-0.3, -0.25) is 4.98 Å². The van der Waals surface area contributed by atoms with Gasteiger partial charge in [-0.1, -0.05) is 66.7 Å². The molecule has 3 heterocycles. The summed E-state index contributed by atoms with van der Waals surface area (Å²) in [6.45, 7) is -4.72. The molecule has 0 aliphatic carbocycles. The fourth-order valence-electron chi connectivity index (χ4n) is 5.77. The van der Waals surface area contributed by atoms with Gasteiger partial charge in [0.1, 0.15) is 11.2 Å². The summed E-state index contributed by atoms with van der Waals surface area (Å²) >= 11 is 0. The molecule has 3 aromatic heterocycles. The van der Waals surface area contributed by atoms with Crippen LogP contribution in [-0.4, -0.2) is 4.98 Å². The molecule has 0 aliphatic rings. The third kappa shape index (κ3) is 3.45. The SMILES string of the molecule is [2H]C([2H])([2H])c1cc2c3cccc(c3)c3cccc(c3)c3cccc(c3)c3cc(ncc3C([2H])([2H])[2H])c3cccc4c(c1)c2oc34. The van der Waals surface area contributed by atoms with Crippen molar-refractivity contribution in [3.63, 3.8) is 0 Å². The van der Waals surface area contributed by atoms with Crippen molar-refractivity contribution in [3.05, 3.63) is 127 Å². The molecule has 8 rings (SSSR count). The Morgan fingerprint density at radius 3 is 1.77 bits per heavy atom. The molecule has 5 aromatic carbocycles. The van der Waals surface area contributed by atoms with Crippen molar-refractivity contribution < 1.29 is 12.6 Å². The highest BCUT2D eigenvalue weighted by Gasteiger charge is 2.13. The van der Waals surface area contributed by atoms with Gasteiger partial charge < -0.3 is 4.42 Å². The van der Waals surface area contributed by atoms with Gasteiger partial charge in [0.2, 0.25) is 0 Å². The monoisotopic (exact) mass is 505 g/mol. The summed E-state index contributed by atoms with van der Waals surface area (Å²) in [6, 6.07) is 35.1. The molecular formula is C37H25NO. The maximum atomic E-state index is 8.29. The zero-order valence-electron chi connectivity index (χ0n) is 26.8. The number of fused-ring (bicyclic) bond motifs is 14. The Kier molecular flexibility index (Phi) is 3.57. The number of hydrogen-bond donors (Lipinski definition) is 0. The molecular weight excluding hydrogens is 474 g/mol. The molecule has 39 heavy (non-hydrogen) atoms. The number of aromatic nitrogens is 1. The molecule has 8 aromatic rings. The fourth-order valence-corrected chi connectivity index (χ4v) is 5.77. The molecule has 0 fully saturated rings. The predicted octanol–water partition coefficient (Wildman–Crippen LogP) is 10.5. The average Bonchev–Trinajstić information content (AvgIpc) is 3.42. The largest absolute Gasteiger partial charge is 0.455 e. The van der Waals surface area contributed by atoms with Crippen LogP contribution in [-0.2, 0) is 0 Å². The van der Waals surface area contributed by atoms with Crippen LogP contribution in [0.5, 0.6) is 0 Å². The van der Waals surface area contributed by atoms with Crippen molar-refractivity contribution >= 4 is 75.9 Å². The first-order valence-corrected chi connectivity index (χ1v) is 12.9. The van der Waals surface area contributed by atoms with Crippen molar-refractivity contribution in [3.8, 4) is 0 Å². The summed E-state index contributed by atoms with van der Waals surface area (Å²) in [4.78, 5) is 4.64. The van der Waals surface area contributed by atoms with Crippen LogP contribution in [0.25, 0.3) is 75.9 Å². The number of pyridine rings is 1. The van der Waals surface area contributed by atoms with Gasteiger partial charge in [0.25, 0.3) is 0 Å². The Hall–Kier alpha value is -4.95. The highest BCUT2D eigenvalue weighted by molar-refractivity contribution is 6.19. The highest BCUT2D eigenvalue weighted by atomic mass is 16.3. The molecule has 184 valence electrons. The maximum Gasteiger partial charge on any atom is 0.144 e. The van der Waals surface area contributed by atoms with Crippen molar-refractivity contribution in [2.24, 2.45) is 0 Å². The van der Waals surface area contributed by atoms with Gasteiger partial charge >= 0.3 is 0 Å². The van der Waals surface area contributed by atoms with Crippen LogP contribution in [0.1, 0.15) is 19.4 Å². The van der Waals surface area contributed by atoms with E-state index >= 15 is 0 Å². The van der Waals surface area contributed by atoms with Crippen LogP contribution in [0.4, 0.5) is 0 Å². The van der Waals surface area contributed by atoms with Crippen LogP contribution < -0.4 is 0 Å². The van der Waals surface area contributed by atoms with Gasteiger partial charge in [0.15, 0.2) is 0 Å². The minimum Gasteiger partial charge on any atom is -0.455 e. The second-order valence-corrected chi connectivity index (χ2v) is 10.0. The summed E-state index contributed by atoms with van der Waals surface area (Å²) in [7, 11) is 0. The number of rotatable bonds is 0. The third-order valence-corrected chi connectivity index (χ3v) is 7.65. The molecule has 0 unspecified atom stereocenters. The second kappa shape index (κ2) is 8.28.